The van der Waals surface area contributed by atoms with Gasteiger partial charge in [-0.05, 0) is 71.8 Å². The lowest BCUT2D eigenvalue weighted by molar-refractivity contribution is 0.287. The van der Waals surface area contributed by atoms with Gasteiger partial charge in [0.1, 0.15) is 0 Å². The van der Waals surface area contributed by atoms with Crippen molar-refractivity contribution in [3.8, 4) is 0 Å². The highest BCUT2D eigenvalue weighted by Crippen LogP contribution is 2.14. The lowest BCUT2D eigenvalue weighted by Crippen LogP contribution is -2.15. The summed E-state index contributed by atoms with van der Waals surface area (Å²) in [6.45, 7) is 7.62. The minimum atomic E-state index is -5.15. The Hall–Kier alpha value is -1.30. The van der Waals surface area contributed by atoms with Crippen LogP contribution in [0, 0.1) is 0 Å². The molecule has 8 nitrogen and oxygen atoms in total. The van der Waals surface area contributed by atoms with E-state index in [1.54, 1.807) is 6.92 Å². The van der Waals surface area contributed by atoms with Gasteiger partial charge in [0.15, 0.2) is 0 Å². The summed E-state index contributed by atoms with van der Waals surface area (Å²) in [5.41, 5.74) is 4.41. The van der Waals surface area contributed by atoms with E-state index in [0.717, 1.165) is 36.8 Å². The Morgan fingerprint density at radius 3 is 1.87 bits per heavy atom. The number of hydrogen-bond donors (Lipinski definition) is 2. The molecule has 0 aromatic rings. The number of rotatable bonds is 15. The molecule has 0 aliphatic rings. The van der Waals surface area contributed by atoms with Crippen LogP contribution in [0.4, 0.5) is 0 Å². The van der Waals surface area contributed by atoms with Gasteiger partial charge in [0.25, 0.3) is 0 Å². The molecule has 2 N–H and O–H groups in total. The molecule has 0 aromatic carbocycles. The molecule has 0 bridgehead atoms. The van der Waals surface area contributed by atoms with Crippen LogP contribution in [-0.4, -0.2) is 39.7 Å². The number of hydrogen-bond acceptors (Lipinski definition) is 7. The molecule has 30 heavy (non-hydrogen) atoms. The molecule has 0 saturated heterocycles. The van der Waals surface area contributed by atoms with Gasteiger partial charge in [-0.15, -0.1) is 3.63 Å². The molecule has 0 fully saturated rings. The van der Waals surface area contributed by atoms with Crippen molar-refractivity contribution in [2.45, 2.75) is 66.2 Å². The Bertz CT molecular complexity index is 843. The van der Waals surface area contributed by atoms with Crippen molar-refractivity contribution in [3.05, 3.63) is 46.6 Å². The van der Waals surface area contributed by atoms with Gasteiger partial charge in [0.05, 0.1) is 13.2 Å². The van der Waals surface area contributed by atoms with E-state index in [1.807, 2.05) is 6.08 Å². The molecule has 0 aliphatic carbocycles. The molecule has 0 spiro atoms. The van der Waals surface area contributed by atoms with E-state index in [4.69, 9.17) is 4.55 Å². The zero-order valence-electron chi connectivity index (χ0n) is 18.1. The van der Waals surface area contributed by atoms with E-state index in [2.05, 4.69) is 40.7 Å². The fourth-order valence-corrected chi connectivity index (χ4v) is 3.67. The summed E-state index contributed by atoms with van der Waals surface area (Å²) in [5.74, 6) is 0. The first-order chi connectivity index (χ1) is 13.8. The Morgan fingerprint density at radius 2 is 1.33 bits per heavy atom. The molecule has 0 radical (unpaired) electrons. The van der Waals surface area contributed by atoms with E-state index in [1.165, 1.54) is 17.2 Å². The van der Waals surface area contributed by atoms with Crippen LogP contribution in [0.15, 0.2) is 46.6 Å². The Balaban J connectivity index is 4.39. The maximum absolute atomic E-state index is 11.1. The maximum atomic E-state index is 11.1. The van der Waals surface area contributed by atoms with Gasteiger partial charge < -0.3 is 5.11 Å². The third-order valence-electron chi connectivity index (χ3n) is 4.04. The lowest BCUT2D eigenvalue weighted by Gasteiger charge is -2.05. The summed E-state index contributed by atoms with van der Waals surface area (Å²) in [5, 5.41) is 9.50. The highest BCUT2D eigenvalue weighted by molar-refractivity contribution is 7.94. The standard InChI is InChI=1S/C20H34O8S2/c1-17(2)8-5-9-18(3)10-6-12-20(16-21)13-7-11-19(4)14-15-27-30(25,26)28-29(22,23)24/h8,10,13-14,21H,5-7,9,11-12,15-16H2,1-4H3,(H,22,23,24)/b18-10+,19-14+,20-13+. The van der Waals surface area contributed by atoms with Crippen LogP contribution >= 0.6 is 0 Å². The number of aliphatic hydroxyl groups is 1. The average Bonchev–Trinajstić information content (AvgIpc) is 2.57. The first kappa shape index (κ1) is 28.7. The largest absolute Gasteiger partial charge is 0.416 e. The van der Waals surface area contributed by atoms with Gasteiger partial charge in [-0.25, -0.2) is 4.18 Å². The molecule has 0 aliphatic heterocycles. The predicted molar refractivity (Wildman–Crippen MR) is 117 cm³/mol. The van der Waals surface area contributed by atoms with Crippen molar-refractivity contribution in [1.29, 1.82) is 0 Å². The van der Waals surface area contributed by atoms with Crippen LogP contribution < -0.4 is 0 Å². The summed E-state index contributed by atoms with van der Waals surface area (Å²) in [6, 6.07) is 0. The zero-order valence-corrected chi connectivity index (χ0v) is 19.8. The zero-order chi connectivity index (χ0) is 23.2. The van der Waals surface area contributed by atoms with Crippen molar-refractivity contribution in [3.63, 3.8) is 0 Å². The summed E-state index contributed by atoms with van der Waals surface area (Å²) in [7, 11) is -9.99. The SMILES string of the molecule is CC(C)=CCC/C(C)=C/CC/C(=C\CC/C(C)=C/COS(=O)(=O)OS(=O)(=O)O)CO. The van der Waals surface area contributed by atoms with E-state index >= 15 is 0 Å². The number of aliphatic hydroxyl groups excluding tert-OH is 1. The second kappa shape index (κ2) is 14.7. The minimum Gasteiger partial charge on any atom is -0.392 e. The second-order valence-electron chi connectivity index (χ2n) is 7.21. The first-order valence-electron chi connectivity index (χ1n) is 9.66. The molecule has 10 heteroatoms. The predicted octanol–water partition coefficient (Wildman–Crippen LogP) is 4.19. The van der Waals surface area contributed by atoms with Crippen molar-refractivity contribution < 1.29 is 34.3 Å². The first-order valence-corrected chi connectivity index (χ1v) is 12.4. The van der Waals surface area contributed by atoms with Crippen molar-refractivity contribution in [2.75, 3.05) is 13.2 Å². The topological polar surface area (TPSA) is 127 Å². The summed E-state index contributed by atoms with van der Waals surface area (Å²) >= 11 is 0. The van der Waals surface area contributed by atoms with Crippen molar-refractivity contribution in [1.82, 2.24) is 0 Å². The molecule has 0 saturated carbocycles. The quantitative estimate of drug-likeness (QED) is 0.272. The second-order valence-corrected chi connectivity index (χ2v) is 9.66. The fourth-order valence-electron chi connectivity index (χ4n) is 2.43. The third kappa shape index (κ3) is 17.5. The molecule has 0 amide bonds. The molecule has 0 heterocycles. The summed E-state index contributed by atoms with van der Waals surface area (Å²) in [4.78, 5) is 0. The van der Waals surface area contributed by atoms with Gasteiger partial charge in [-0.2, -0.15) is 16.8 Å². The smallest absolute Gasteiger partial charge is 0.392 e. The molecule has 0 aromatic heterocycles. The molecule has 0 rings (SSSR count). The van der Waals surface area contributed by atoms with Crippen LogP contribution in [0.25, 0.3) is 0 Å². The highest BCUT2D eigenvalue weighted by Gasteiger charge is 2.20. The summed E-state index contributed by atoms with van der Waals surface area (Å²) in [6.07, 6.45) is 12.8. The normalized spacial score (nSPS) is 14.1. The van der Waals surface area contributed by atoms with Crippen LogP contribution in [0.1, 0.15) is 66.2 Å². The maximum Gasteiger partial charge on any atom is 0.416 e. The van der Waals surface area contributed by atoms with Gasteiger partial charge in [-0.3, -0.25) is 4.55 Å². The van der Waals surface area contributed by atoms with Crippen LogP contribution in [0.2, 0.25) is 0 Å². The van der Waals surface area contributed by atoms with E-state index in [-0.39, 0.29) is 6.61 Å². The average molecular weight is 467 g/mol. The van der Waals surface area contributed by atoms with Crippen molar-refractivity contribution >= 4 is 20.8 Å². The van der Waals surface area contributed by atoms with Crippen LogP contribution in [0.5, 0.6) is 0 Å². The number of allylic oxidation sites excluding steroid dienone is 6. The molecular formula is C20H34O8S2. The lowest BCUT2D eigenvalue weighted by atomic mass is 10.0. The van der Waals surface area contributed by atoms with Crippen LogP contribution in [0.3, 0.4) is 0 Å². The summed E-state index contributed by atoms with van der Waals surface area (Å²) < 4.78 is 59.2. The van der Waals surface area contributed by atoms with E-state index in [9.17, 15) is 21.9 Å². The Kier molecular flexibility index (Phi) is 14.0. The van der Waals surface area contributed by atoms with Gasteiger partial charge in [-0.1, -0.05) is 41.0 Å². The third-order valence-corrected chi connectivity index (χ3v) is 5.82. The van der Waals surface area contributed by atoms with Gasteiger partial charge in [0, 0.05) is 0 Å². The van der Waals surface area contributed by atoms with E-state index in [0.29, 0.717) is 12.8 Å². The fraction of sp³-hybridized carbons (Fsp3) is 0.600. The molecular weight excluding hydrogens is 432 g/mol. The highest BCUT2D eigenvalue weighted by atomic mass is 32.3. The Labute approximate surface area is 181 Å². The van der Waals surface area contributed by atoms with Crippen LogP contribution in [-0.2, 0) is 28.6 Å². The Morgan fingerprint density at radius 1 is 0.800 bits per heavy atom. The van der Waals surface area contributed by atoms with E-state index < -0.39 is 27.4 Å². The molecule has 0 atom stereocenters. The minimum absolute atomic E-state index is 0.0122. The van der Waals surface area contributed by atoms with Gasteiger partial charge >= 0.3 is 20.8 Å². The molecule has 174 valence electrons. The molecule has 0 unspecified atom stereocenters. The monoisotopic (exact) mass is 466 g/mol. The van der Waals surface area contributed by atoms with Gasteiger partial charge in [0.2, 0.25) is 0 Å². The van der Waals surface area contributed by atoms with Crippen molar-refractivity contribution in [2.24, 2.45) is 0 Å².